The van der Waals surface area contributed by atoms with Gasteiger partial charge in [-0.25, -0.2) is 4.79 Å². The van der Waals surface area contributed by atoms with Crippen molar-refractivity contribution >= 4 is 23.4 Å². The summed E-state index contributed by atoms with van der Waals surface area (Å²) in [6.07, 6.45) is 8.83. The number of benzene rings is 1. The molecule has 29 heavy (non-hydrogen) atoms. The third-order valence-corrected chi connectivity index (χ3v) is 6.71. The molecule has 5 heteroatoms. The number of carbonyl (C=O) groups is 2. The smallest absolute Gasteiger partial charge is 0.355 e. The molecule has 0 aliphatic heterocycles. The van der Waals surface area contributed by atoms with Crippen molar-refractivity contribution in [1.29, 1.82) is 0 Å². The molecule has 1 aromatic heterocycles. The number of rotatable bonds is 3. The minimum atomic E-state index is -0.329. The zero-order valence-corrected chi connectivity index (χ0v) is 17.7. The number of esters is 1. The highest BCUT2D eigenvalue weighted by Gasteiger charge is 2.33. The molecule has 2 aliphatic rings. The number of hydrogen-bond donors (Lipinski definition) is 1. The van der Waals surface area contributed by atoms with Crippen LogP contribution in [0.25, 0.3) is 0 Å². The van der Waals surface area contributed by atoms with Crippen LogP contribution in [0, 0.1) is 6.92 Å². The number of halogens is 1. The highest BCUT2D eigenvalue weighted by atomic mass is 35.5. The average Bonchev–Trinajstić information content (AvgIpc) is 3.01. The molecule has 1 heterocycles. The Morgan fingerprint density at radius 2 is 1.76 bits per heavy atom. The third kappa shape index (κ3) is 4.28. The summed E-state index contributed by atoms with van der Waals surface area (Å²) in [6, 6.07) is 7.67. The lowest BCUT2D eigenvalue weighted by atomic mass is 9.81. The molecular weight excluding hydrogens is 386 g/mol. The zero-order chi connectivity index (χ0) is 20.4. The third-order valence-electron chi connectivity index (χ3n) is 6.36. The van der Waals surface area contributed by atoms with Gasteiger partial charge in [-0.15, -0.1) is 0 Å². The van der Waals surface area contributed by atoms with E-state index in [9.17, 15) is 9.59 Å². The van der Waals surface area contributed by atoms with Gasteiger partial charge in [0.1, 0.15) is 11.8 Å². The van der Waals surface area contributed by atoms with Crippen LogP contribution < -0.4 is 0 Å². The largest absolute Gasteiger partial charge is 0.458 e. The molecule has 1 saturated carbocycles. The Morgan fingerprint density at radius 1 is 1.07 bits per heavy atom. The Morgan fingerprint density at radius 3 is 2.48 bits per heavy atom. The molecule has 0 amide bonds. The quantitative estimate of drug-likeness (QED) is 0.613. The maximum atomic E-state index is 12.9. The molecule has 1 atom stereocenters. The second kappa shape index (κ2) is 8.74. The van der Waals surface area contributed by atoms with Crippen LogP contribution in [0.1, 0.15) is 95.0 Å². The van der Waals surface area contributed by atoms with Crippen molar-refractivity contribution in [2.75, 3.05) is 0 Å². The maximum Gasteiger partial charge on any atom is 0.355 e. The van der Waals surface area contributed by atoms with Gasteiger partial charge in [-0.05, 0) is 62.1 Å². The van der Waals surface area contributed by atoms with Crippen molar-refractivity contribution in [1.82, 2.24) is 4.98 Å². The van der Waals surface area contributed by atoms with Crippen LogP contribution in [0.15, 0.2) is 24.3 Å². The molecule has 0 spiro atoms. The lowest BCUT2D eigenvalue weighted by Gasteiger charge is -2.22. The van der Waals surface area contributed by atoms with Crippen LogP contribution in [0.3, 0.4) is 0 Å². The summed E-state index contributed by atoms with van der Waals surface area (Å²) in [4.78, 5) is 29.0. The lowest BCUT2D eigenvalue weighted by Crippen LogP contribution is -2.20. The molecule has 0 radical (unpaired) electrons. The Bertz CT molecular complexity index is 909. The van der Waals surface area contributed by atoms with E-state index in [0.29, 0.717) is 29.1 Å². The van der Waals surface area contributed by atoms with E-state index < -0.39 is 0 Å². The molecule has 1 fully saturated rings. The standard InChI is InChI=1S/C24H28ClNO3/c1-15-22-20(13-16(14-21(22)27)18-11-7-8-12-19(18)25)26-23(15)24(28)29-17-9-5-3-2-4-6-10-17/h7-8,11-12,16-17,26H,2-6,9-10,13-14H2,1H3. The number of H-pyrrole nitrogens is 1. The first-order valence-electron chi connectivity index (χ1n) is 10.7. The summed E-state index contributed by atoms with van der Waals surface area (Å²) in [6.45, 7) is 1.85. The van der Waals surface area contributed by atoms with E-state index in [0.717, 1.165) is 42.5 Å². The van der Waals surface area contributed by atoms with Gasteiger partial charge in [0.15, 0.2) is 5.78 Å². The first-order valence-corrected chi connectivity index (χ1v) is 11.1. The second-order valence-electron chi connectivity index (χ2n) is 8.40. The first kappa shape index (κ1) is 20.2. The van der Waals surface area contributed by atoms with Crippen LogP contribution >= 0.6 is 11.6 Å². The number of aromatic amines is 1. The van der Waals surface area contributed by atoms with Gasteiger partial charge in [-0.3, -0.25) is 4.79 Å². The monoisotopic (exact) mass is 413 g/mol. The van der Waals surface area contributed by atoms with E-state index in [1.807, 2.05) is 31.2 Å². The number of carbonyl (C=O) groups excluding carboxylic acids is 2. The molecule has 0 bridgehead atoms. The van der Waals surface area contributed by atoms with Gasteiger partial charge in [-0.2, -0.15) is 0 Å². The van der Waals surface area contributed by atoms with Gasteiger partial charge in [0, 0.05) is 22.7 Å². The highest BCUT2D eigenvalue weighted by Crippen LogP contribution is 2.37. The molecule has 1 unspecified atom stereocenters. The van der Waals surface area contributed by atoms with Crippen molar-refractivity contribution in [2.45, 2.75) is 76.7 Å². The van der Waals surface area contributed by atoms with Crippen molar-refractivity contribution < 1.29 is 14.3 Å². The van der Waals surface area contributed by atoms with Crippen LogP contribution in [0.2, 0.25) is 5.02 Å². The van der Waals surface area contributed by atoms with Gasteiger partial charge in [0.2, 0.25) is 0 Å². The van der Waals surface area contributed by atoms with Crippen molar-refractivity contribution in [3.63, 3.8) is 0 Å². The van der Waals surface area contributed by atoms with E-state index in [4.69, 9.17) is 16.3 Å². The van der Waals surface area contributed by atoms with Crippen LogP contribution in [-0.2, 0) is 11.2 Å². The Balaban J connectivity index is 1.54. The number of ether oxygens (including phenoxy) is 1. The predicted octanol–water partition coefficient (Wildman–Crippen LogP) is 6.16. The fraction of sp³-hybridized carbons (Fsp3) is 0.500. The van der Waals surface area contributed by atoms with Crippen LogP contribution in [-0.4, -0.2) is 22.8 Å². The van der Waals surface area contributed by atoms with Crippen molar-refractivity contribution in [3.8, 4) is 0 Å². The number of aromatic nitrogens is 1. The topological polar surface area (TPSA) is 59.2 Å². The number of fused-ring (bicyclic) bond motifs is 1. The summed E-state index contributed by atoms with van der Waals surface area (Å²) in [5.74, 6) is -0.240. The molecule has 1 aromatic carbocycles. The molecular formula is C24H28ClNO3. The number of nitrogens with one attached hydrogen (secondary N) is 1. The van der Waals surface area contributed by atoms with E-state index in [-0.39, 0.29) is 23.8 Å². The van der Waals surface area contributed by atoms with E-state index >= 15 is 0 Å². The Hall–Kier alpha value is -2.07. The van der Waals surface area contributed by atoms with Crippen LogP contribution in [0.5, 0.6) is 0 Å². The van der Waals surface area contributed by atoms with Gasteiger partial charge in [-0.1, -0.05) is 49.1 Å². The average molecular weight is 414 g/mol. The van der Waals surface area contributed by atoms with E-state index in [2.05, 4.69) is 4.98 Å². The SMILES string of the molecule is Cc1c(C(=O)OC2CCCCCCC2)[nH]c2c1C(=O)CC(c1ccccc1Cl)C2. The minimum absolute atomic E-state index is 0.0193. The van der Waals surface area contributed by atoms with E-state index in [1.165, 1.54) is 19.3 Å². The molecule has 4 rings (SSSR count). The number of Topliss-reactive ketones (excluding diaryl/α,β-unsaturated/α-hetero) is 1. The fourth-order valence-corrected chi connectivity index (χ4v) is 5.10. The molecule has 1 N–H and O–H groups in total. The van der Waals surface area contributed by atoms with Gasteiger partial charge in [0.25, 0.3) is 0 Å². The molecule has 0 saturated heterocycles. The molecule has 2 aromatic rings. The molecule has 154 valence electrons. The Kier molecular flexibility index (Phi) is 6.09. The molecule has 4 nitrogen and oxygen atoms in total. The summed E-state index contributed by atoms with van der Waals surface area (Å²) < 4.78 is 5.83. The number of hydrogen-bond acceptors (Lipinski definition) is 3. The summed E-state index contributed by atoms with van der Waals surface area (Å²) in [5.41, 5.74) is 3.63. The second-order valence-corrected chi connectivity index (χ2v) is 8.81. The van der Waals surface area contributed by atoms with Crippen LogP contribution in [0.4, 0.5) is 0 Å². The van der Waals surface area contributed by atoms with E-state index in [1.54, 1.807) is 0 Å². The highest BCUT2D eigenvalue weighted by molar-refractivity contribution is 6.31. The molecule has 2 aliphatic carbocycles. The minimum Gasteiger partial charge on any atom is -0.458 e. The van der Waals surface area contributed by atoms with Gasteiger partial charge in [0.05, 0.1) is 0 Å². The first-order chi connectivity index (χ1) is 14.0. The number of ketones is 1. The normalized spacial score (nSPS) is 20.6. The lowest BCUT2D eigenvalue weighted by molar-refractivity contribution is 0.0232. The van der Waals surface area contributed by atoms with Gasteiger partial charge < -0.3 is 9.72 Å². The summed E-state index contributed by atoms with van der Waals surface area (Å²) in [7, 11) is 0. The maximum absolute atomic E-state index is 12.9. The Labute approximate surface area is 177 Å². The van der Waals surface area contributed by atoms with Crippen molar-refractivity contribution in [3.05, 3.63) is 57.4 Å². The summed E-state index contributed by atoms with van der Waals surface area (Å²) >= 11 is 6.36. The summed E-state index contributed by atoms with van der Waals surface area (Å²) in [5, 5.41) is 0.681. The fourth-order valence-electron chi connectivity index (χ4n) is 4.81. The van der Waals surface area contributed by atoms with Gasteiger partial charge >= 0.3 is 5.97 Å². The zero-order valence-electron chi connectivity index (χ0n) is 16.9. The predicted molar refractivity (Wildman–Crippen MR) is 114 cm³/mol. The van der Waals surface area contributed by atoms with Crippen molar-refractivity contribution in [2.24, 2.45) is 0 Å².